The number of aryl methyl sites for hydroxylation is 3. The number of aromatic nitrogens is 5. The van der Waals surface area contributed by atoms with Crippen molar-refractivity contribution in [2.75, 3.05) is 6.54 Å². The summed E-state index contributed by atoms with van der Waals surface area (Å²) in [6, 6.07) is 4.79. The molecule has 2 fully saturated rings. The second-order valence-electron chi connectivity index (χ2n) is 15.1. The molecular weight excluding hydrogens is 687 g/mol. The van der Waals surface area contributed by atoms with Gasteiger partial charge < -0.3 is 10.2 Å². The average Bonchev–Trinajstić information content (AvgIpc) is 3.51. The van der Waals surface area contributed by atoms with Crippen LogP contribution in [0, 0.1) is 25.2 Å². The van der Waals surface area contributed by atoms with Crippen molar-refractivity contribution >= 4 is 34.3 Å². The first kappa shape index (κ1) is 36.4. The number of hydrogen-bond donors (Lipinski definition) is 1. The fourth-order valence-electron chi connectivity index (χ4n) is 8.17. The van der Waals surface area contributed by atoms with Crippen molar-refractivity contribution in [3.05, 3.63) is 70.7 Å². The molecule has 1 aliphatic carbocycles. The Labute approximate surface area is 304 Å². The number of carbonyl (C=O) groups excluding carboxylic acids is 4. The van der Waals surface area contributed by atoms with E-state index in [0.29, 0.717) is 41.6 Å². The number of benzene rings is 1. The van der Waals surface area contributed by atoms with E-state index < -0.39 is 35.0 Å². The van der Waals surface area contributed by atoms with Gasteiger partial charge in [0.2, 0.25) is 11.8 Å². The Morgan fingerprint density at radius 3 is 2.51 bits per heavy atom. The summed E-state index contributed by atoms with van der Waals surface area (Å²) >= 11 is 0. The second-order valence-corrected chi connectivity index (χ2v) is 15.1. The zero-order valence-electron chi connectivity index (χ0n) is 30.2. The second kappa shape index (κ2) is 13.8. The molecule has 278 valence electrons. The van der Waals surface area contributed by atoms with E-state index in [2.05, 4.69) is 20.3 Å². The molecule has 1 saturated carbocycles. The average molecular weight is 730 g/mol. The van der Waals surface area contributed by atoms with Gasteiger partial charge in [-0.3, -0.25) is 23.9 Å². The highest BCUT2D eigenvalue weighted by Crippen LogP contribution is 2.59. The molecule has 7 rings (SSSR count). The molecule has 5 heterocycles. The van der Waals surface area contributed by atoms with Crippen LogP contribution in [0.1, 0.15) is 91.2 Å². The molecule has 2 bridgehead atoms. The summed E-state index contributed by atoms with van der Waals surface area (Å²) in [5, 5.41) is 8.34. The molecule has 0 unspecified atom stereocenters. The predicted octanol–water partition coefficient (Wildman–Crippen LogP) is 5.77. The minimum absolute atomic E-state index is 0.00666. The summed E-state index contributed by atoms with van der Waals surface area (Å²) in [5.41, 5.74) is 2.16. The number of piperidine rings is 1. The number of amides is 2. The van der Waals surface area contributed by atoms with Crippen molar-refractivity contribution in [1.29, 1.82) is 0 Å². The van der Waals surface area contributed by atoms with E-state index in [1.54, 1.807) is 35.8 Å². The highest BCUT2D eigenvalue weighted by molar-refractivity contribution is 6.07. The fourth-order valence-corrected chi connectivity index (χ4v) is 8.17. The van der Waals surface area contributed by atoms with E-state index in [1.807, 2.05) is 19.1 Å². The lowest BCUT2D eigenvalue weighted by atomic mass is 9.93. The van der Waals surface area contributed by atoms with Gasteiger partial charge in [-0.1, -0.05) is 25.8 Å². The Kier molecular flexibility index (Phi) is 9.44. The quantitative estimate of drug-likeness (QED) is 0.256. The lowest BCUT2D eigenvalue weighted by molar-refractivity contribution is -0.141. The molecule has 2 amide bonds. The van der Waals surface area contributed by atoms with Gasteiger partial charge in [0.15, 0.2) is 11.6 Å². The summed E-state index contributed by atoms with van der Waals surface area (Å²) in [7, 11) is 0. The van der Waals surface area contributed by atoms with E-state index >= 15 is 0 Å². The summed E-state index contributed by atoms with van der Waals surface area (Å²) in [5.74, 6) is -0.428. The fraction of sp³-hybridized carbons (Fsp3) is 0.487. The molecular formula is C39H42F3N7O4. The smallest absolute Gasteiger partial charge is 0.355 e. The van der Waals surface area contributed by atoms with E-state index in [-0.39, 0.29) is 61.0 Å². The van der Waals surface area contributed by atoms with Gasteiger partial charge in [-0.25, -0.2) is 15.0 Å². The molecule has 4 aromatic rings. The third kappa shape index (κ3) is 7.19. The Morgan fingerprint density at radius 2 is 1.79 bits per heavy atom. The van der Waals surface area contributed by atoms with Gasteiger partial charge >= 0.3 is 6.18 Å². The third-order valence-electron chi connectivity index (χ3n) is 11.1. The molecule has 0 spiro atoms. The Morgan fingerprint density at radius 1 is 1.04 bits per heavy atom. The van der Waals surface area contributed by atoms with Crippen LogP contribution in [0.4, 0.5) is 13.2 Å². The maximum Gasteiger partial charge on any atom is 0.433 e. The number of carbonyl (C=O) groups is 4. The minimum atomic E-state index is -4.68. The van der Waals surface area contributed by atoms with Gasteiger partial charge in [-0.15, -0.1) is 0 Å². The minimum Gasteiger partial charge on any atom is -0.355 e. The summed E-state index contributed by atoms with van der Waals surface area (Å²) < 4.78 is 42.2. The first-order chi connectivity index (χ1) is 25.1. The lowest BCUT2D eigenvalue weighted by Gasteiger charge is -2.27. The normalized spacial score (nSPS) is 23.8. The van der Waals surface area contributed by atoms with Crippen LogP contribution in [0.3, 0.4) is 0 Å². The van der Waals surface area contributed by atoms with Gasteiger partial charge in [-0.05, 0) is 80.3 Å². The number of nitrogens with zero attached hydrogens (tertiary/aromatic N) is 6. The van der Waals surface area contributed by atoms with Crippen LogP contribution in [0.15, 0.2) is 36.7 Å². The van der Waals surface area contributed by atoms with E-state index in [0.717, 1.165) is 42.0 Å². The van der Waals surface area contributed by atoms with Crippen molar-refractivity contribution in [1.82, 2.24) is 34.9 Å². The summed E-state index contributed by atoms with van der Waals surface area (Å²) in [4.78, 5) is 68.7. The Bertz CT molecular complexity index is 2130. The number of alkyl halides is 3. The third-order valence-corrected chi connectivity index (χ3v) is 11.1. The molecule has 1 saturated heterocycles. The molecule has 1 N–H and O–H groups in total. The number of Topliss-reactive ketones (excluding diaryl/α,β-unsaturated/α-hetero) is 2. The number of hydrogen-bond acceptors (Lipinski definition) is 8. The monoisotopic (exact) mass is 729 g/mol. The van der Waals surface area contributed by atoms with Crippen LogP contribution in [-0.2, 0) is 39.9 Å². The highest BCUT2D eigenvalue weighted by atomic mass is 19.4. The first-order valence-electron chi connectivity index (χ1n) is 18.1. The van der Waals surface area contributed by atoms with Crippen LogP contribution >= 0.6 is 0 Å². The summed E-state index contributed by atoms with van der Waals surface area (Å²) in [6.07, 6.45) is 2.68. The van der Waals surface area contributed by atoms with Crippen molar-refractivity contribution in [2.24, 2.45) is 11.3 Å². The maximum atomic E-state index is 14.5. The van der Waals surface area contributed by atoms with E-state index in [1.165, 1.54) is 13.0 Å². The van der Waals surface area contributed by atoms with Gasteiger partial charge in [0.05, 0.1) is 23.7 Å². The predicted molar refractivity (Wildman–Crippen MR) is 189 cm³/mol. The highest BCUT2D eigenvalue weighted by Gasteiger charge is 2.66. The topological polar surface area (TPSA) is 140 Å². The standard InChI is InChI=1S/C39H42F3N7O4/c1-21-7-5-6-8-25-12-26(27-17-43-24(4)44-18-27)13-28-36(23(3)50)47-48(37(25)28)19-35(53)49-30(15-38(16-33(38)49)20-45-34(52)11-21)31(51)14-29-22(2)9-10-32(46-29)39(40,41)42/h9-10,12-13,17-18,21,30,33H,5-8,11,14-16,19-20H2,1-4H3,(H,45,52)/t21-,30-,33+,38-/m0/s1. The number of pyridine rings is 1. The van der Waals surface area contributed by atoms with Crippen LogP contribution in [0.2, 0.25) is 0 Å². The van der Waals surface area contributed by atoms with Crippen LogP contribution in [0.5, 0.6) is 0 Å². The van der Waals surface area contributed by atoms with E-state index in [9.17, 15) is 32.3 Å². The SMILES string of the molecule is CC(=O)c1nn2c3c(cc(-c4cnc(C)nc4)cc13)CCCC[C@H](C)CC(=O)NC[C@@]13C[C@@H](C(=O)Cc4nc(C(F)(F)F)ccc4C)N(C(=O)C2)[C@@H]1C3. The van der Waals surface area contributed by atoms with Gasteiger partial charge in [-0.2, -0.15) is 18.3 Å². The van der Waals surface area contributed by atoms with E-state index in [4.69, 9.17) is 5.10 Å². The van der Waals surface area contributed by atoms with Crippen LogP contribution in [-0.4, -0.2) is 71.6 Å². The molecule has 53 heavy (non-hydrogen) atoms. The molecule has 3 aromatic heterocycles. The zero-order chi connectivity index (χ0) is 37.8. The van der Waals surface area contributed by atoms with Gasteiger partial charge in [0, 0.05) is 54.7 Å². The molecule has 0 radical (unpaired) electrons. The maximum absolute atomic E-state index is 14.5. The first-order valence-corrected chi connectivity index (χ1v) is 18.1. The van der Waals surface area contributed by atoms with Crippen LogP contribution in [0.25, 0.3) is 22.0 Å². The number of nitrogens with one attached hydrogen (secondary N) is 1. The van der Waals surface area contributed by atoms with Crippen molar-refractivity contribution < 1.29 is 32.3 Å². The summed E-state index contributed by atoms with van der Waals surface area (Å²) in [6.45, 7) is 6.90. The zero-order valence-corrected chi connectivity index (χ0v) is 30.2. The number of ketones is 2. The Balaban J connectivity index is 1.29. The lowest BCUT2D eigenvalue weighted by Crippen LogP contribution is -2.45. The van der Waals surface area contributed by atoms with Gasteiger partial charge in [0.25, 0.3) is 0 Å². The van der Waals surface area contributed by atoms with Crippen molar-refractivity contribution in [3.63, 3.8) is 0 Å². The molecule has 2 aliphatic heterocycles. The molecule has 3 aliphatic rings. The largest absolute Gasteiger partial charge is 0.433 e. The molecule has 14 heteroatoms. The van der Waals surface area contributed by atoms with Crippen molar-refractivity contribution in [3.8, 4) is 11.1 Å². The number of rotatable bonds is 5. The Hall–Kier alpha value is -5.01. The molecule has 1 aromatic carbocycles. The molecule has 11 nitrogen and oxygen atoms in total. The van der Waals surface area contributed by atoms with Crippen molar-refractivity contribution in [2.45, 2.75) is 104 Å². The molecule has 4 atom stereocenters. The number of halogens is 3. The van der Waals surface area contributed by atoms with Crippen LogP contribution < -0.4 is 5.32 Å². The van der Waals surface area contributed by atoms with Gasteiger partial charge in [0.1, 0.15) is 23.8 Å².